The zero-order valence-corrected chi connectivity index (χ0v) is 12.0. The number of rotatable bonds is 3. The first kappa shape index (κ1) is 13.6. The maximum Gasteiger partial charge on any atom is 0.146 e. The fourth-order valence-electron chi connectivity index (χ4n) is 2.44. The lowest BCUT2D eigenvalue weighted by atomic mass is 10.00. The summed E-state index contributed by atoms with van der Waals surface area (Å²) in [4.78, 5) is 0. The second-order valence-corrected chi connectivity index (χ2v) is 5.21. The van der Waals surface area contributed by atoms with Crippen molar-refractivity contribution in [3.05, 3.63) is 64.0 Å². The van der Waals surface area contributed by atoms with Crippen molar-refractivity contribution in [1.29, 1.82) is 0 Å². The molecule has 0 radical (unpaired) electrons. The molecule has 0 aliphatic carbocycles. The summed E-state index contributed by atoms with van der Waals surface area (Å²) in [6.07, 6.45) is 0. The van der Waals surface area contributed by atoms with E-state index in [9.17, 15) is 4.39 Å². The maximum atomic E-state index is 13.8. The van der Waals surface area contributed by atoms with Gasteiger partial charge in [-0.1, -0.05) is 23.8 Å². The van der Waals surface area contributed by atoms with Crippen LogP contribution in [0.3, 0.4) is 0 Å². The predicted octanol–water partition coefficient (Wildman–Crippen LogP) is 4.67. The number of benzene rings is 2. The normalized spacial score (nSPS) is 10.6. The number of hydrogen-bond donors (Lipinski definition) is 1. The van der Waals surface area contributed by atoms with Gasteiger partial charge in [-0.25, -0.2) is 4.39 Å². The summed E-state index contributed by atoms with van der Waals surface area (Å²) in [6, 6.07) is 9.59. The Balaban J connectivity index is 2.19. The summed E-state index contributed by atoms with van der Waals surface area (Å²) in [7, 11) is 0. The molecule has 2 aromatic rings. The van der Waals surface area contributed by atoms with Crippen LogP contribution in [0.4, 0.5) is 10.1 Å². The average Bonchev–Trinajstić information content (AvgIpc) is 2.30. The van der Waals surface area contributed by atoms with Crippen LogP contribution in [0.15, 0.2) is 30.3 Å². The van der Waals surface area contributed by atoms with Crippen LogP contribution in [0.1, 0.15) is 27.8 Å². The third kappa shape index (κ3) is 3.14. The molecule has 0 amide bonds. The van der Waals surface area contributed by atoms with Gasteiger partial charge in [0.1, 0.15) is 5.82 Å². The monoisotopic (exact) mass is 257 g/mol. The predicted molar refractivity (Wildman–Crippen MR) is 79.1 cm³/mol. The second-order valence-electron chi connectivity index (χ2n) is 5.21. The van der Waals surface area contributed by atoms with E-state index >= 15 is 0 Å². The summed E-state index contributed by atoms with van der Waals surface area (Å²) in [5.41, 5.74) is 6.50. The van der Waals surface area contributed by atoms with Crippen LogP contribution >= 0.6 is 0 Å². The van der Waals surface area contributed by atoms with Crippen LogP contribution in [0.2, 0.25) is 0 Å². The van der Waals surface area contributed by atoms with E-state index in [2.05, 4.69) is 38.2 Å². The highest BCUT2D eigenvalue weighted by Crippen LogP contribution is 2.20. The molecule has 0 aliphatic rings. The maximum absolute atomic E-state index is 13.8. The Bertz CT molecular complexity index is 579. The van der Waals surface area contributed by atoms with Crippen molar-refractivity contribution < 1.29 is 4.39 Å². The van der Waals surface area contributed by atoms with Gasteiger partial charge in [0.2, 0.25) is 0 Å². The minimum absolute atomic E-state index is 0.192. The van der Waals surface area contributed by atoms with E-state index in [0.717, 1.165) is 5.56 Å². The molecule has 100 valence electrons. The van der Waals surface area contributed by atoms with E-state index in [1.165, 1.54) is 22.3 Å². The number of aryl methyl sites for hydroxylation is 4. The van der Waals surface area contributed by atoms with Crippen molar-refractivity contribution in [2.24, 2.45) is 0 Å². The number of anilines is 1. The number of nitrogens with one attached hydrogen (secondary N) is 1. The van der Waals surface area contributed by atoms with Gasteiger partial charge in [0.05, 0.1) is 5.69 Å². The van der Waals surface area contributed by atoms with Crippen LogP contribution in [0, 0.1) is 33.5 Å². The summed E-state index contributed by atoms with van der Waals surface area (Å²) >= 11 is 0. The van der Waals surface area contributed by atoms with E-state index < -0.39 is 0 Å². The first-order valence-electron chi connectivity index (χ1n) is 6.54. The van der Waals surface area contributed by atoms with Gasteiger partial charge in [-0.05, 0) is 62.1 Å². The molecule has 2 aromatic carbocycles. The first-order valence-corrected chi connectivity index (χ1v) is 6.54. The van der Waals surface area contributed by atoms with Crippen LogP contribution in [-0.2, 0) is 6.54 Å². The minimum atomic E-state index is -0.192. The fourth-order valence-corrected chi connectivity index (χ4v) is 2.44. The van der Waals surface area contributed by atoms with Crippen LogP contribution in [-0.4, -0.2) is 0 Å². The highest BCUT2D eigenvalue weighted by Gasteiger charge is 2.06. The molecule has 0 fully saturated rings. The smallest absolute Gasteiger partial charge is 0.146 e. The van der Waals surface area contributed by atoms with Gasteiger partial charge in [0.25, 0.3) is 0 Å². The van der Waals surface area contributed by atoms with E-state index in [4.69, 9.17) is 0 Å². The molecule has 19 heavy (non-hydrogen) atoms. The molecule has 0 unspecified atom stereocenters. The second kappa shape index (κ2) is 5.43. The van der Waals surface area contributed by atoms with Gasteiger partial charge >= 0.3 is 0 Å². The van der Waals surface area contributed by atoms with Crippen molar-refractivity contribution in [3.63, 3.8) is 0 Å². The Hall–Kier alpha value is -1.83. The molecule has 2 rings (SSSR count). The van der Waals surface area contributed by atoms with Crippen molar-refractivity contribution >= 4 is 5.69 Å². The largest absolute Gasteiger partial charge is 0.379 e. The molecular weight excluding hydrogens is 237 g/mol. The minimum Gasteiger partial charge on any atom is -0.379 e. The highest BCUT2D eigenvalue weighted by atomic mass is 19.1. The Labute approximate surface area is 114 Å². The standard InChI is InChI=1S/C17H20FN/c1-11-5-6-17(16(18)9-11)19-10-15-13(3)7-12(2)8-14(15)4/h5-9,19H,10H2,1-4H3. The molecule has 0 aliphatic heterocycles. The van der Waals surface area contributed by atoms with Crippen LogP contribution in [0.5, 0.6) is 0 Å². The molecule has 0 heterocycles. The van der Waals surface area contributed by atoms with Gasteiger partial charge in [0, 0.05) is 6.54 Å². The van der Waals surface area contributed by atoms with Gasteiger partial charge in [-0.15, -0.1) is 0 Å². The lowest BCUT2D eigenvalue weighted by Gasteiger charge is -2.14. The average molecular weight is 257 g/mol. The summed E-state index contributed by atoms with van der Waals surface area (Å²) < 4.78 is 13.8. The van der Waals surface area contributed by atoms with Crippen molar-refractivity contribution in [2.45, 2.75) is 34.2 Å². The molecule has 2 heteroatoms. The Morgan fingerprint density at radius 3 is 2.11 bits per heavy atom. The van der Waals surface area contributed by atoms with Crippen molar-refractivity contribution in [2.75, 3.05) is 5.32 Å². The lowest BCUT2D eigenvalue weighted by molar-refractivity contribution is 0.629. The van der Waals surface area contributed by atoms with E-state index in [0.29, 0.717) is 12.2 Å². The van der Waals surface area contributed by atoms with E-state index in [-0.39, 0.29) is 5.82 Å². The number of hydrogen-bond acceptors (Lipinski definition) is 1. The fraction of sp³-hybridized carbons (Fsp3) is 0.294. The zero-order valence-electron chi connectivity index (χ0n) is 12.0. The molecule has 0 aromatic heterocycles. The SMILES string of the molecule is Cc1cc(C)c(CNc2ccc(C)cc2F)c(C)c1. The quantitative estimate of drug-likeness (QED) is 0.842. The van der Waals surface area contributed by atoms with Crippen molar-refractivity contribution in [1.82, 2.24) is 0 Å². The van der Waals surface area contributed by atoms with Gasteiger partial charge in [-0.2, -0.15) is 0 Å². The van der Waals surface area contributed by atoms with E-state index in [1.54, 1.807) is 12.1 Å². The summed E-state index contributed by atoms with van der Waals surface area (Å²) in [6.45, 7) is 8.83. The highest BCUT2D eigenvalue weighted by molar-refractivity contribution is 5.48. The third-order valence-electron chi connectivity index (χ3n) is 3.42. The molecule has 0 atom stereocenters. The van der Waals surface area contributed by atoms with Crippen molar-refractivity contribution in [3.8, 4) is 0 Å². The summed E-state index contributed by atoms with van der Waals surface area (Å²) in [5.74, 6) is -0.192. The van der Waals surface area contributed by atoms with Gasteiger partial charge in [0.15, 0.2) is 0 Å². The molecule has 0 bridgehead atoms. The molecular formula is C17H20FN. The van der Waals surface area contributed by atoms with Gasteiger partial charge in [-0.3, -0.25) is 0 Å². The molecule has 0 spiro atoms. The number of halogens is 1. The zero-order chi connectivity index (χ0) is 14.0. The van der Waals surface area contributed by atoms with Gasteiger partial charge < -0.3 is 5.32 Å². The van der Waals surface area contributed by atoms with Crippen LogP contribution < -0.4 is 5.32 Å². The Kier molecular flexibility index (Phi) is 3.89. The molecule has 1 nitrogen and oxygen atoms in total. The Morgan fingerprint density at radius 1 is 0.895 bits per heavy atom. The molecule has 0 saturated carbocycles. The molecule has 1 N–H and O–H groups in total. The topological polar surface area (TPSA) is 12.0 Å². The van der Waals surface area contributed by atoms with Crippen LogP contribution in [0.25, 0.3) is 0 Å². The Morgan fingerprint density at radius 2 is 1.53 bits per heavy atom. The first-order chi connectivity index (χ1) is 8.97. The molecule has 0 saturated heterocycles. The summed E-state index contributed by atoms with van der Waals surface area (Å²) in [5, 5.41) is 3.18. The third-order valence-corrected chi connectivity index (χ3v) is 3.42. The lowest BCUT2D eigenvalue weighted by Crippen LogP contribution is -2.05. The van der Waals surface area contributed by atoms with E-state index in [1.807, 2.05) is 13.0 Å².